The lowest BCUT2D eigenvalue weighted by Gasteiger charge is -2.32. The van der Waals surface area contributed by atoms with Crippen molar-refractivity contribution in [1.29, 1.82) is 0 Å². The van der Waals surface area contributed by atoms with E-state index in [1.807, 2.05) is 30.0 Å². The lowest BCUT2D eigenvalue weighted by molar-refractivity contribution is -0.132. The molecule has 0 radical (unpaired) electrons. The molecule has 1 N–H and O–H groups in total. The Hall–Kier alpha value is -2.96. The summed E-state index contributed by atoms with van der Waals surface area (Å²) in [6.07, 6.45) is 3.99. The summed E-state index contributed by atoms with van der Waals surface area (Å²) in [5.41, 5.74) is 1.78. The molecule has 156 valence electrons. The van der Waals surface area contributed by atoms with Gasteiger partial charge in [0.15, 0.2) is 17.3 Å². The first-order valence-corrected chi connectivity index (χ1v) is 9.86. The summed E-state index contributed by atoms with van der Waals surface area (Å²) in [6, 6.07) is 7.51. The molecule has 0 spiro atoms. The van der Waals surface area contributed by atoms with Crippen LogP contribution in [0.1, 0.15) is 40.9 Å². The fraction of sp³-hybridized carbons (Fsp3) is 0.455. The van der Waals surface area contributed by atoms with Crippen molar-refractivity contribution in [2.75, 3.05) is 27.3 Å². The number of para-hydroxylation sites is 1. The van der Waals surface area contributed by atoms with Gasteiger partial charge in [-0.2, -0.15) is 0 Å². The fourth-order valence-electron chi connectivity index (χ4n) is 3.68. The standard InChI is InChI=1S/C22H28N2O5/c1-15-11-14-29-20(15)22(26)23-17-9-12-24(13-10-17)19(25)8-7-16-5-4-6-18(27-2)21(16)28-3/h4-6,11,14,17H,7-10,12-13H2,1-3H3,(H,23,26). The van der Waals surface area contributed by atoms with E-state index in [9.17, 15) is 9.59 Å². The zero-order valence-corrected chi connectivity index (χ0v) is 17.2. The molecule has 1 aromatic heterocycles. The number of carbonyl (C=O) groups is 2. The summed E-state index contributed by atoms with van der Waals surface area (Å²) in [7, 11) is 3.20. The first kappa shape index (κ1) is 20.8. The number of nitrogens with zero attached hydrogens (tertiary/aromatic N) is 1. The fourth-order valence-corrected chi connectivity index (χ4v) is 3.68. The lowest BCUT2D eigenvalue weighted by atomic mass is 10.0. The average molecular weight is 400 g/mol. The number of nitrogens with one attached hydrogen (secondary N) is 1. The first-order valence-electron chi connectivity index (χ1n) is 9.86. The van der Waals surface area contributed by atoms with Crippen LogP contribution in [0.25, 0.3) is 0 Å². The topological polar surface area (TPSA) is 81.0 Å². The largest absolute Gasteiger partial charge is 0.493 e. The van der Waals surface area contributed by atoms with Crippen molar-refractivity contribution < 1.29 is 23.5 Å². The van der Waals surface area contributed by atoms with Gasteiger partial charge in [-0.15, -0.1) is 0 Å². The SMILES string of the molecule is COc1cccc(CCC(=O)N2CCC(NC(=O)c3occc3C)CC2)c1OC. The molecular formula is C22H28N2O5. The predicted octanol–water partition coefficient (Wildman–Crippen LogP) is 2.96. The number of rotatable bonds is 7. The van der Waals surface area contributed by atoms with Crippen LogP contribution in [0, 0.1) is 6.92 Å². The number of furan rings is 1. The Morgan fingerprint density at radius 3 is 2.55 bits per heavy atom. The molecule has 29 heavy (non-hydrogen) atoms. The van der Waals surface area contributed by atoms with E-state index in [1.54, 1.807) is 20.3 Å². The van der Waals surface area contributed by atoms with Crippen LogP contribution in [0.15, 0.2) is 34.9 Å². The molecule has 1 aliphatic rings. The van der Waals surface area contributed by atoms with Gasteiger partial charge >= 0.3 is 0 Å². The number of likely N-dealkylation sites (tertiary alicyclic amines) is 1. The molecule has 0 bridgehead atoms. The summed E-state index contributed by atoms with van der Waals surface area (Å²) >= 11 is 0. The molecule has 0 aliphatic carbocycles. The Balaban J connectivity index is 1.48. The average Bonchev–Trinajstić information content (AvgIpc) is 3.18. The van der Waals surface area contributed by atoms with Crippen LogP contribution < -0.4 is 14.8 Å². The molecule has 0 atom stereocenters. The summed E-state index contributed by atoms with van der Waals surface area (Å²) in [6.45, 7) is 3.11. The van der Waals surface area contributed by atoms with Crippen LogP contribution in [0.5, 0.6) is 11.5 Å². The van der Waals surface area contributed by atoms with Gasteiger partial charge in [-0.05, 0) is 43.9 Å². The van der Waals surface area contributed by atoms with E-state index < -0.39 is 0 Å². The molecule has 0 unspecified atom stereocenters. The maximum atomic E-state index is 12.6. The normalized spacial score (nSPS) is 14.5. The number of carbonyl (C=O) groups excluding carboxylic acids is 2. The number of piperidine rings is 1. The molecule has 3 rings (SSSR count). The summed E-state index contributed by atoms with van der Waals surface area (Å²) in [5.74, 6) is 1.62. The Kier molecular flexibility index (Phi) is 6.80. The maximum absolute atomic E-state index is 12.6. The van der Waals surface area contributed by atoms with Gasteiger partial charge in [0.05, 0.1) is 20.5 Å². The molecule has 1 aromatic carbocycles. The zero-order valence-electron chi connectivity index (χ0n) is 17.2. The van der Waals surface area contributed by atoms with Crippen molar-refractivity contribution in [3.8, 4) is 11.5 Å². The van der Waals surface area contributed by atoms with Gasteiger partial charge in [0.25, 0.3) is 5.91 Å². The molecule has 2 amide bonds. The monoisotopic (exact) mass is 400 g/mol. The van der Waals surface area contributed by atoms with Crippen molar-refractivity contribution in [2.45, 2.75) is 38.6 Å². The quantitative estimate of drug-likeness (QED) is 0.773. The molecule has 7 nitrogen and oxygen atoms in total. The highest BCUT2D eigenvalue weighted by Gasteiger charge is 2.25. The Labute approximate surface area is 171 Å². The minimum Gasteiger partial charge on any atom is -0.493 e. The molecule has 1 saturated heterocycles. The minimum atomic E-state index is -0.192. The number of aryl methyl sites for hydroxylation is 2. The smallest absolute Gasteiger partial charge is 0.287 e. The van der Waals surface area contributed by atoms with E-state index in [1.165, 1.54) is 6.26 Å². The van der Waals surface area contributed by atoms with Crippen molar-refractivity contribution >= 4 is 11.8 Å². The molecule has 0 saturated carbocycles. The first-order chi connectivity index (χ1) is 14.0. The second-order valence-electron chi connectivity index (χ2n) is 7.21. The van der Waals surface area contributed by atoms with Crippen LogP contribution in [0.3, 0.4) is 0 Å². The van der Waals surface area contributed by atoms with Crippen molar-refractivity contribution in [3.63, 3.8) is 0 Å². The third-order valence-corrected chi connectivity index (χ3v) is 5.34. The molecule has 2 heterocycles. The van der Waals surface area contributed by atoms with E-state index in [2.05, 4.69) is 5.32 Å². The summed E-state index contributed by atoms with van der Waals surface area (Å²) in [5, 5.41) is 3.01. The Morgan fingerprint density at radius 2 is 1.93 bits per heavy atom. The van der Waals surface area contributed by atoms with E-state index in [-0.39, 0.29) is 17.9 Å². The van der Waals surface area contributed by atoms with Gasteiger partial charge in [-0.1, -0.05) is 12.1 Å². The second kappa shape index (κ2) is 9.49. The Morgan fingerprint density at radius 1 is 1.17 bits per heavy atom. The van der Waals surface area contributed by atoms with Gasteiger partial charge in [0.2, 0.25) is 5.91 Å². The van der Waals surface area contributed by atoms with Crippen LogP contribution in [-0.4, -0.2) is 50.1 Å². The highest BCUT2D eigenvalue weighted by atomic mass is 16.5. The number of ether oxygens (including phenoxy) is 2. The molecule has 2 aromatic rings. The van der Waals surface area contributed by atoms with E-state index >= 15 is 0 Å². The van der Waals surface area contributed by atoms with E-state index in [0.29, 0.717) is 43.2 Å². The van der Waals surface area contributed by atoms with Crippen molar-refractivity contribution in [2.24, 2.45) is 0 Å². The highest BCUT2D eigenvalue weighted by Crippen LogP contribution is 2.31. The lowest BCUT2D eigenvalue weighted by Crippen LogP contribution is -2.46. The van der Waals surface area contributed by atoms with Crippen molar-refractivity contribution in [3.05, 3.63) is 47.4 Å². The van der Waals surface area contributed by atoms with Gasteiger partial charge in [0, 0.05) is 31.1 Å². The predicted molar refractivity (Wildman–Crippen MR) is 108 cm³/mol. The molecule has 7 heteroatoms. The minimum absolute atomic E-state index is 0.0505. The number of hydrogen-bond acceptors (Lipinski definition) is 5. The van der Waals surface area contributed by atoms with Crippen LogP contribution in [0.4, 0.5) is 0 Å². The van der Waals surface area contributed by atoms with Gasteiger partial charge in [-0.3, -0.25) is 9.59 Å². The number of amides is 2. The van der Waals surface area contributed by atoms with Gasteiger partial charge < -0.3 is 24.1 Å². The van der Waals surface area contributed by atoms with Crippen LogP contribution >= 0.6 is 0 Å². The van der Waals surface area contributed by atoms with Crippen molar-refractivity contribution in [1.82, 2.24) is 10.2 Å². The second-order valence-corrected chi connectivity index (χ2v) is 7.21. The van der Waals surface area contributed by atoms with Gasteiger partial charge in [0.1, 0.15) is 0 Å². The third kappa shape index (κ3) is 4.91. The van der Waals surface area contributed by atoms with E-state index in [4.69, 9.17) is 13.9 Å². The van der Waals surface area contributed by atoms with E-state index in [0.717, 1.165) is 24.0 Å². The number of hydrogen-bond donors (Lipinski definition) is 1. The zero-order chi connectivity index (χ0) is 20.8. The summed E-state index contributed by atoms with van der Waals surface area (Å²) < 4.78 is 16.0. The molecule has 1 aliphatic heterocycles. The van der Waals surface area contributed by atoms with Gasteiger partial charge in [-0.25, -0.2) is 0 Å². The van der Waals surface area contributed by atoms with Crippen LogP contribution in [-0.2, 0) is 11.2 Å². The summed E-state index contributed by atoms with van der Waals surface area (Å²) in [4.78, 5) is 26.8. The highest BCUT2D eigenvalue weighted by molar-refractivity contribution is 5.93. The third-order valence-electron chi connectivity index (χ3n) is 5.34. The Bertz CT molecular complexity index is 853. The van der Waals surface area contributed by atoms with Crippen LogP contribution in [0.2, 0.25) is 0 Å². The number of benzene rings is 1. The number of methoxy groups -OCH3 is 2. The maximum Gasteiger partial charge on any atom is 0.287 e. The molecular weight excluding hydrogens is 372 g/mol. The molecule has 1 fully saturated rings.